The smallest absolute Gasteiger partial charge is 0.315 e. The van der Waals surface area contributed by atoms with Crippen LogP contribution < -0.4 is 16.4 Å². The van der Waals surface area contributed by atoms with Crippen LogP contribution in [0, 0.1) is 11.3 Å². The van der Waals surface area contributed by atoms with Gasteiger partial charge in [0.1, 0.15) is 5.84 Å². The zero-order valence-corrected chi connectivity index (χ0v) is 11.8. The van der Waals surface area contributed by atoms with Gasteiger partial charge in [-0.25, -0.2) is 4.79 Å². The van der Waals surface area contributed by atoms with Gasteiger partial charge in [-0.2, -0.15) is 0 Å². The van der Waals surface area contributed by atoms with Crippen molar-refractivity contribution in [3.63, 3.8) is 0 Å². The molecule has 0 aliphatic heterocycles. The fraction of sp³-hybridized carbons (Fsp3) is 0.857. The standard InChI is InChI=1S/C14H26N4O/c1-10-6-8-14(9-7-10,12(15)16)18-13(19)17-11-4-2-3-5-11/h10-11H,2-9H2,1H3,(H3,15,16)(H2,17,18,19). The van der Waals surface area contributed by atoms with Gasteiger partial charge in [0.15, 0.2) is 0 Å². The number of carbonyl (C=O) groups is 1. The molecule has 2 rings (SSSR count). The van der Waals surface area contributed by atoms with E-state index in [0.29, 0.717) is 12.0 Å². The number of hydrogen-bond donors (Lipinski definition) is 4. The van der Waals surface area contributed by atoms with Crippen LogP contribution in [0.4, 0.5) is 4.79 Å². The number of amides is 2. The highest BCUT2D eigenvalue weighted by molar-refractivity contribution is 5.92. The van der Waals surface area contributed by atoms with Crippen LogP contribution in [0.1, 0.15) is 58.3 Å². The molecule has 0 aromatic rings. The third-order valence-electron chi connectivity index (χ3n) is 4.69. The molecule has 108 valence electrons. The second kappa shape index (κ2) is 5.80. The van der Waals surface area contributed by atoms with Crippen LogP contribution in [0.15, 0.2) is 0 Å². The Labute approximate surface area is 115 Å². The maximum absolute atomic E-state index is 12.1. The van der Waals surface area contributed by atoms with Crippen LogP contribution in [0.2, 0.25) is 0 Å². The van der Waals surface area contributed by atoms with E-state index in [2.05, 4.69) is 17.6 Å². The zero-order valence-electron chi connectivity index (χ0n) is 11.8. The van der Waals surface area contributed by atoms with Gasteiger partial charge in [-0.05, 0) is 44.4 Å². The number of nitrogens with one attached hydrogen (secondary N) is 3. The molecule has 0 atom stereocenters. The first-order valence-corrected chi connectivity index (χ1v) is 7.45. The van der Waals surface area contributed by atoms with Crippen LogP contribution >= 0.6 is 0 Å². The summed E-state index contributed by atoms with van der Waals surface area (Å²) in [6.45, 7) is 2.21. The largest absolute Gasteiger partial charge is 0.386 e. The number of nitrogens with two attached hydrogens (primary N) is 1. The van der Waals surface area contributed by atoms with E-state index in [0.717, 1.165) is 38.5 Å². The topological polar surface area (TPSA) is 91.0 Å². The van der Waals surface area contributed by atoms with Gasteiger partial charge in [0, 0.05) is 6.04 Å². The van der Waals surface area contributed by atoms with Crippen molar-refractivity contribution in [1.82, 2.24) is 10.6 Å². The molecule has 0 unspecified atom stereocenters. The van der Waals surface area contributed by atoms with Gasteiger partial charge in [-0.3, -0.25) is 5.41 Å². The summed E-state index contributed by atoms with van der Waals surface area (Å²) in [5, 5.41) is 13.8. The van der Waals surface area contributed by atoms with Crippen molar-refractivity contribution in [2.75, 3.05) is 0 Å². The average Bonchev–Trinajstić information content (AvgIpc) is 2.84. The molecular weight excluding hydrogens is 240 g/mol. The molecule has 5 nitrogen and oxygen atoms in total. The Balaban J connectivity index is 1.92. The fourth-order valence-corrected chi connectivity index (χ4v) is 3.23. The first-order valence-electron chi connectivity index (χ1n) is 7.45. The zero-order chi connectivity index (χ0) is 13.9. The average molecular weight is 266 g/mol. The Bertz CT molecular complexity index is 341. The highest BCUT2D eigenvalue weighted by Gasteiger charge is 2.38. The van der Waals surface area contributed by atoms with Gasteiger partial charge < -0.3 is 16.4 Å². The predicted molar refractivity (Wildman–Crippen MR) is 76.2 cm³/mol. The summed E-state index contributed by atoms with van der Waals surface area (Å²) >= 11 is 0. The summed E-state index contributed by atoms with van der Waals surface area (Å²) in [7, 11) is 0. The Morgan fingerprint density at radius 2 is 1.79 bits per heavy atom. The third-order valence-corrected chi connectivity index (χ3v) is 4.69. The molecule has 5 heteroatoms. The van der Waals surface area contributed by atoms with Gasteiger partial charge in [0.25, 0.3) is 0 Å². The van der Waals surface area contributed by atoms with Gasteiger partial charge in [-0.15, -0.1) is 0 Å². The Kier molecular flexibility index (Phi) is 4.32. The van der Waals surface area contributed by atoms with Crippen molar-refractivity contribution in [3.8, 4) is 0 Å². The molecule has 0 heterocycles. The summed E-state index contributed by atoms with van der Waals surface area (Å²) in [5.41, 5.74) is 5.13. The Morgan fingerprint density at radius 3 is 2.32 bits per heavy atom. The summed E-state index contributed by atoms with van der Waals surface area (Å²) < 4.78 is 0. The number of hydrogen-bond acceptors (Lipinski definition) is 2. The van der Waals surface area contributed by atoms with Crippen molar-refractivity contribution in [2.45, 2.75) is 69.9 Å². The predicted octanol–water partition coefficient (Wildman–Crippen LogP) is 2.11. The van der Waals surface area contributed by atoms with Crippen molar-refractivity contribution in [1.29, 1.82) is 5.41 Å². The molecule has 0 aromatic carbocycles. The summed E-state index contributed by atoms with van der Waals surface area (Å²) in [5.74, 6) is 0.758. The number of amidine groups is 1. The quantitative estimate of drug-likeness (QED) is 0.465. The van der Waals surface area contributed by atoms with E-state index in [1.807, 2.05) is 0 Å². The van der Waals surface area contributed by atoms with Crippen molar-refractivity contribution < 1.29 is 4.79 Å². The van der Waals surface area contributed by atoms with Gasteiger partial charge in [0.2, 0.25) is 0 Å². The van der Waals surface area contributed by atoms with E-state index in [9.17, 15) is 4.79 Å². The van der Waals surface area contributed by atoms with E-state index in [1.165, 1.54) is 12.8 Å². The monoisotopic (exact) mass is 266 g/mol. The molecule has 0 aromatic heterocycles. The lowest BCUT2D eigenvalue weighted by molar-refractivity contribution is 0.212. The summed E-state index contributed by atoms with van der Waals surface area (Å²) in [6.07, 6.45) is 8.12. The van der Waals surface area contributed by atoms with Gasteiger partial charge in [0.05, 0.1) is 5.54 Å². The lowest BCUT2D eigenvalue weighted by atomic mass is 9.76. The van der Waals surface area contributed by atoms with E-state index in [1.54, 1.807) is 0 Å². The van der Waals surface area contributed by atoms with E-state index < -0.39 is 5.54 Å². The molecular formula is C14H26N4O. The molecule has 2 saturated carbocycles. The molecule has 19 heavy (non-hydrogen) atoms. The van der Waals surface area contributed by atoms with E-state index in [4.69, 9.17) is 11.1 Å². The maximum Gasteiger partial charge on any atom is 0.315 e. The number of carbonyl (C=O) groups excluding carboxylic acids is 1. The van der Waals surface area contributed by atoms with E-state index in [-0.39, 0.29) is 11.9 Å². The molecule has 2 aliphatic rings. The summed E-state index contributed by atoms with van der Waals surface area (Å²) in [6, 6.07) is 0.142. The molecule has 0 spiro atoms. The second-order valence-corrected chi connectivity index (χ2v) is 6.26. The highest BCUT2D eigenvalue weighted by atomic mass is 16.2. The lowest BCUT2D eigenvalue weighted by Crippen LogP contribution is -2.61. The second-order valence-electron chi connectivity index (χ2n) is 6.26. The van der Waals surface area contributed by atoms with Gasteiger partial charge >= 0.3 is 6.03 Å². The number of rotatable bonds is 3. The minimum absolute atomic E-state index is 0.0981. The lowest BCUT2D eigenvalue weighted by Gasteiger charge is -2.39. The van der Waals surface area contributed by atoms with Crippen LogP contribution in [0.3, 0.4) is 0 Å². The van der Waals surface area contributed by atoms with E-state index >= 15 is 0 Å². The first kappa shape index (κ1) is 14.2. The molecule has 2 amide bonds. The summed E-state index contributed by atoms with van der Waals surface area (Å²) in [4.78, 5) is 12.1. The molecule has 0 radical (unpaired) electrons. The Hall–Kier alpha value is -1.26. The van der Waals surface area contributed by atoms with Crippen LogP contribution in [0.25, 0.3) is 0 Å². The normalized spacial score (nSPS) is 31.9. The molecule has 0 bridgehead atoms. The third kappa shape index (κ3) is 3.39. The molecule has 2 aliphatic carbocycles. The van der Waals surface area contributed by atoms with Crippen LogP contribution in [0.5, 0.6) is 0 Å². The molecule has 5 N–H and O–H groups in total. The SMILES string of the molecule is CC1CCC(NC(=O)NC2CCCC2)(C(=N)N)CC1. The Morgan fingerprint density at radius 1 is 1.21 bits per heavy atom. The van der Waals surface area contributed by atoms with Crippen LogP contribution in [-0.4, -0.2) is 23.4 Å². The van der Waals surface area contributed by atoms with Crippen LogP contribution in [-0.2, 0) is 0 Å². The fourth-order valence-electron chi connectivity index (χ4n) is 3.23. The van der Waals surface area contributed by atoms with Crippen molar-refractivity contribution in [3.05, 3.63) is 0 Å². The minimum atomic E-state index is -0.616. The number of urea groups is 1. The van der Waals surface area contributed by atoms with Crippen molar-refractivity contribution in [2.24, 2.45) is 11.7 Å². The highest BCUT2D eigenvalue weighted by Crippen LogP contribution is 2.31. The minimum Gasteiger partial charge on any atom is -0.386 e. The molecule has 2 fully saturated rings. The maximum atomic E-state index is 12.1. The van der Waals surface area contributed by atoms with Crippen molar-refractivity contribution >= 4 is 11.9 Å². The van der Waals surface area contributed by atoms with Gasteiger partial charge in [-0.1, -0.05) is 19.8 Å². The first-order chi connectivity index (χ1) is 9.02. The molecule has 0 saturated heterocycles.